The van der Waals surface area contributed by atoms with E-state index in [9.17, 15) is 4.39 Å². The highest BCUT2D eigenvalue weighted by molar-refractivity contribution is 7.10. The number of aryl methyl sites for hydroxylation is 2. The standard InChI is InChI=1S/C15H18FNS/c1-10-7-13(8-11(2)15(10)16)9-17-12(3)14-5-4-6-18-14/h4-8,12,17H,9H2,1-3H3. The van der Waals surface area contributed by atoms with Crippen LogP contribution in [0, 0.1) is 19.7 Å². The summed E-state index contributed by atoms with van der Waals surface area (Å²) in [5.74, 6) is -0.0925. The summed E-state index contributed by atoms with van der Waals surface area (Å²) >= 11 is 1.75. The topological polar surface area (TPSA) is 12.0 Å². The fraction of sp³-hybridized carbons (Fsp3) is 0.333. The molecule has 18 heavy (non-hydrogen) atoms. The summed E-state index contributed by atoms with van der Waals surface area (Å²) in [4.78, 5) is 1.32. The lowest BCUT2D eigenvalue weighted by atomic mass is 10.1. The van der Waals surface area contributed by atoms with Crippen molar-refractivity contribution in [3.05, 3.63) is 57.0 Å². The number of halogens is 1. The molecule has 1 atom stereocenters. The third kappa shape index (κ3) is 2.98. The van der Waals surface area contributed by atoms with Crippen molar-refractivity contribution in [3.63, 3.8) is 0 Å². The lowest BCUT2D eigenvalue weighted by Crippen LogP contribution is -2.17. The van der Waals surface area contributed by atoms with E-state index < -0.39 is 0 Å². The first-order valence-corrected chi connectivity index (χ1v) is 6.98. The second-order valence-electron chi connectivity index (χ2n) is 4.66. The first kappa shape index (κ1) is 13.2. The zero-order chi connectivity index (χ0) is 13.1. The van der Waals surface area contributed by atoms with Gasteiger partial charge in [0.1, 0.15) is 5.82 Å². The van der Waals surface area contributed by atoms with Crippen molar-refractivity contribution in [2.75, 3.05) is 0 Å². The van der Waals surface area contributed by atoms with Crippen LogP contribution in [-0.2, 0) is 6.54 Å². The predicted octanol–water partition coefficient (Wildman–Crippen LogP) is 4.35. The molecule has 2 aromatic rings. The number of rotatable bonds is 4. The average molecular weight is 263 g/mol. The van der Waals surface area contributed by atoms with E-state index in [0.29, 0.717) is 6.04 Å². The third-order valence-corrected chi connectivity index (χ3v) is 4.13. The van der Waals surface area contributed by atoms with Crippen LogP contribution in [0.15, 0.2) is 29.6 Å². The molecule has 0 fully saturated rings. The zero-order valence-corrected chi connectivity index (χ0v) is 11.8. The molecule has 0 spiro atoms. The van der Waals surface area contributed by atoms with E-state index >= 15 is 0 Å². The van der Waals surface area contributed by atoms with Crippen LogP contribution in [0.5, 0.6) is 0 Å². The van der Waals surface area contributed by atoms with Crippen LogP contribution in [0.25, 0.3) is 0 Å². The van der Waals surface area contributed by atoms with Crippen LogP contribution in [0.1, 0.15) is 34.5 Å². The minimum Gasteiger partial charge on any atom is -0.305 e. The van der Waals surface area contributed by atoms with Crippen LogP contribution in [0.2, 0.25) is 0 Å². The number of benzene rings is 1. The van der Waals surface area contributed by atoms with Gasteiger partial charge in [-0.05, 0) is 48.9 Å². The lowest BCUT2D eigenvalue weighted by molar-refractivity contribution is 0.577. The van der Waals surface area contributed by atoms with E-state index in [1.807, 2.05) is 26.0 Å². The fourth-order valence-corrected chi connectivity index (χ4v) is 2.81. The Morgan fingerprint density at radius 2 is 1.94 bits per heavy atom. The van der Waals surface area contributed by atoms with E-state index in [2.05, 4.69) is 29.8 Å². The molecule has 1 aromatic carbocycles. The van der Waals surface area contributed by atoms with Crippen LogP contribution < -0.4 is 5.32 Å². The van der Waals surface area contributed by atoms with Crippen molar-refractivity contribution in [1.29, 1.82) is 0 Å². The molecule has 3 heteroatoms. The summed E-state index contributed by atoms with van der Waals surface area (Å²) in [7, 11) is 0. The molecular formula is C15H18FNS. The SMILES string of the molecule is Cc1cc(CNC(C)c2cccs2)cc(C)c1F. The van der Waals surface area contributed by atoms with Crippen molar-refractivity contribution >= 4 is 11.3 Å². The van der Waals surface area contributed by atoms with Gasteiger partial charge in [0.2, 0.25) is 0 Å². The highest BCUT2D eigenvalue weighted by atomic mass is 32.1. The van der Waals surface area contributed by atoms with E-state index in [0.717, 1.165) is 23.2 Å². The van der Waals surface area contributed by atoms with Crippen LogP contribution in [-0.4, -0.2) is 0 Å². The molecule has 1 N–H and O–H groups in total. The van der Waals surface area contributed by atoms with E-state index in [-0.39, 0.29) is 5.82 Å². The van der Waals surface area contributed by atoms with E-state index in [1.165, 1.54) is 4.88 Å². The first-order chi connectivity index (χ1) is 8.58. The lowest BCUT2D eigenvalue weighted by Gasteiger charge is -2.13. The minimum atomic E-state index is -0.0925. The van der Waals surface area contributed by atoms with Crippen molar-refractivity contribution in [2.45, 2.75) is 33.4 Å². The summed E-state index contributed by atoms with van der Waals surface area (Å²) in [6, 6.07) is 8.34. The summed E-state index contributed by atoms with van der Waals surface area (Å²) in [5, 5.41) is 5.55. The monoisotopic (exact) mass is 263 g/mol. The largest absolute Gasteiger partial charge is 0.305 e. The molecule has 0 aliphatic rings. The number of hydrogen-bond acceptors (Lipinski definition) is 2. The molecule has 1 aromatic heterocycles. The van der Waals surface area contributed by atoms with Crippen molar-refractivity contribution < 1.29 is 4.39 Å². The Bertz CT molecular complexity index is 496. The van der Waals surface area contributed by atoms with Crippen LogP contribution in [0.3, 0.4) is 0 Å². The summed E-state index contributed by atoms with van der Waals surface area (Å²) in [5.41, 5.74) is 2.57. The number of hydrogen-bond donors (Lipinski definition) is 1. The first-order valence-electron chi connectivity index (χ1n) is 6.10. The van der Waals surface area contributed by atoms with Gasteiger partial charge in [-0.1, -0.05) is 18.2 Å². The smallest absolute Gasteiger partial charge is 0.129 e. The van der Waals surface area contributed by atoms with Gasteiger partial charge in [-0.3, -0.25) is 0 Å². The molecule has 0 bridgehead atoms. The molecular weight excluding hydrogens is 245 g/mol. The molecule has 0 radical (unpaired) electrons. The Morgan fingerprint density at radius 1 is 1.28 bits per heavy atom. The Labute approximate surface area is 112 Å². The molecule has 0 saturated heterocycles. The van der Waals surface area contributed by atoms with Crippen molar-refractivity contribution in [3.8, 4) is 0 Å². The highest BCUT2D eigenvalue weighted by Crippen LogP contribution is 2.19. The van der Waals surface area contributed by atoms with E-state index in [4.69, 9.17) is 0 Å². The van der Waals surface area contributed by atoms with Gasteiger partial charge in [-0.25, -0.2) is 4.39 Å². The molecule has 2 rings (SSSR count). The number of thiophene rings is 1. The molecule has 96 valence electrons. The Hall–Kier alpha value is -1.19. The fourth-order valence-electron chi connectivity index (χ4n) is 2.05. The van der Waals surface area contributed by atoms with Crippen molar-refractivity contribution in [2.24, 2.45) is 0 Å². The summed E-state index contributed by atoms with van der Waals surface area (Å²) < 4.78 is 13.5. The van der Waals surface area contributed by atoms with Gasteiger partial charge in [0, 0.05) is 17.5 Å². The van der Waals surface area contributed by atoms with Gasteiger partial charge in [0.25, 0.3) is 0 Å². The van der Waals surface area contributed by atoms with Gasteiger partial charge in [0.05, 0.1) is 0 Å². The van der Waals surface area contributed by atoms with Gasteiger partial charge in [0.15, 0.2) is 0 Å². The summed E-state index contributed by atoms with van der Waals surface area (Å²) in [6.45, 7) is 6.54. The predicted molar refractivity (Wildman–Crippen MR) is 75.4 cm³/mol. The van der Waals surface area contributed by atoms with Gasteiger partial charge in [-0.2, -0.15) is 0 Å². The van der Waals surface area contributed by atoms with Gasteiger partial charge in [-0.15, -0.1) is 11.3 Å². The molecule has 1 nitrogen and oxygen atoms in total. The minimum absolute atomic E-state index is 0.0925. The van der Waals surface area contributed by atoms with Crippen molar-refractivity contribution in [1.82, 2.24) is 5.32 Å². The Balaban J connectivity index is 2.02. The second-order valence-corrected chi connectivity index (χ2v) is 5.64. The molecule has 0 aliphatic heterocycles. The highest BCUT2D eigenvalue weighted by Gasteiger charge is 2.07. The van der Waals surface area contributed by atoms with Gasteiger partial charge >= 0.3 is 0 Å². The second kappa shape index (κ2) is 5.63. The zero-order valence-electron chi connectivity index (χ0n) is 11.0. The summed E-state index contributed by atoms with van der Waals surface area (Å²) in [6.07, 6.45) is 0. The van der Waals surface area contributed by atoms with E-state index in [1.54, 1.807) is 11.3 Å². The molecule has 0 amide bonds. The maximum Gasteiger partial charge on any atom is 0.129 e. The quantitative estimate of drug-likeness (QED) is 0.864. The third-order valence-electron chi connectivity index (χ3n) is 3.08. The van der Waals surface area contributed by atoms with Gasteiger partial charge < -0.3 is 5.32 Å². The average Bonchev–Trinajstić information content (AvgIpc) is 2.86. The normalized spacial score (nSPS) is 12.7. The molecule has 1 heterocycles. The number of nitrogens with one attached hydrogen (secondary N) is 1. The Morgan fingerprint density at radius 3 is 2.50 bits per heavy atom. The Kier molecular flexibility index (Phi) is 4.15. The van der Waals surface area contributed by atoms with Crippen LogP contribution in [0.4, 0.5) is 4.39 Å². The molecule has 0 aliphatic carbocycles. The molecule has 0 saturated carbocycles. The van der Waals surface area contributed by atoms with Crippen LogP contribution >= 0.6 is 11.3 Å². The maximum atomic E-state index is 13.5. The molecule has 1 unspecified atom stereocenters. The maximum absolute atomic E-state index is 13.5.